The second-order valence-corrected chi connectivity index (χ2v) is 4.97. The van der Waals surface area contributed by atoms with Gasteiger partial charge in [0.15, 0.2) is 0 Å². The Morgan fingerprint density at radius 1 is 1.00 bits per heavy atom. The highest BCUT2D eigenvalue weighted by atomic mass is 16.2. The molecule has 4 N–H and O–H groups in total. The maximum absolute atomic E-state index is 12.6. The highest BCUT2D eigenvalue weighted by Crippen LogP contribution is 2.38. The third-order valence-corrected chi connectivity index (χ3v) is 3.63. The first-order valence-corrected chi connectivity index (χ1v) is 6.63. The number of nitrogens with one attached hydrogen (secondary N) is 2. The van der Waals surface area contributed by atoms with Crippen LogP contribution in [0.2, 0.25) is 0 Å². The molecule has 2 amide bonds. The summed E-state index contributed by atoms with van der Waals surface area (Å²) in [7, 11) is 0. The Morgan fingerprint density at radius 2 is 1.57 bits per heavy atom. The molecule has 0 radical (unpaired) electrons. The van der Waals surface area contributed by atoms with E-state index in [9.17, 15) is 9.59 Å². The van der Waals surface area contributed by atoms with Crippen molar-refractivity contribution >= 4 is 17.5 Å². The molecule has 2 atom stereocenters. The number of hydrogen-bond donors (Lipinski definition) is 3. The van der Waals surface area contributed by atoms with Gasteiger partial charge in [-0.25, -0.2) is 0 Å². The van der Waals surface area contributed by atoms with Crippen LogP contribution in [-0.4, -0.2) is 17.9 Å². The maximum atomic E-state index is 12.6. The maximum Gasteiger partial charge on any atom is 0.251 e. The Hall–Kier alpha value is -2.66. The van der Waals surface area contributed by atoms with Crippen LogP contribution >= 0.6 is 0 Å². The van der Waals surface area contributed by atoms with Crippen LogP contribution in [0.4, 0.5) is 5.69 Å². The molecule has 1 heterocycles. The van der Waals surface area contributed by atoms with Crippen molar-refractivity contribution in [2.45, 2.75) is 11.6 Å². The highest BCUT2D eigenvalue weighted by Gasteiger charge is 2.64. The molecule has 3 rings (SSSR count). The van der Waals surface area contributed by atoms with Gasteiger partial charge in [0.2, 0.25) is 5.91 Å². The molecule has 5 heteroatoms. The predicted molar refractivity (Wildman–Crippen MR) is 79.3 cm³/mol. The molecular weight excluding hydrogens is 266 g/mol. The van der Waals surface area contributed by atoms with Crippen molar-refractivity contribution in [3.8, 4) is 0 Å². The van der Waals surface area contributed by atoms with Crippen LogP contribution in [0.15, 0.2) is 60.7 Å². The van der Waals surface area contributed by atoms with E-state index in [-0.39, 0.29) is 5.91 Å². The van der Waals surface area contributed by atoms with Crippen molar-refractivity contribution in [3.63, 3.8) is 0 Å². The molecule has 1 aliphatic rings. The smallest absolute Gasteiger partial charge is 0.251 e. The minimum Gasteiger partial charge on any atom is -0.368 e. The molecule has 1 saturated heterocycles. The predicted octanol–water partition coefficient (Wildman–Crippen LogP) is 0.978. The zero-order chi connectivity index (χ0) is 14.9. The number of hydrogen-bond acceptors (Lipinski definition) is 3. The Labute approximate surface area is 122 Å². The van der Waals surface area contributed by atoms with Crippen LogP contribution in [0.5, 0.6) is 0 Å². The topological polar surface area (TPSA) is 94.1 Å². The van der Waals surface area contributed by atoms with Crippen LogP contribution in [0.3, 0.4) is 0 Å². The summed E-state index contributed by atoms with van der Waals surface area (Å²) in [6.45, 7) is 0. The number of primary amides is 1. The molecule has 2 aromatic carbocycles. The molecule has 0 spiro atoms. The van der Waals surface area contributed by atoms with E-state index in [4.69, 9.17) is 5.73 Å². The minimum atomic E-state index is -1.08. The van der Waals surface area contributed by atoms with Gasteiger partial charge in [0.25, 0.3) is 5.91 Å². The molecule has 0 bridgehead atoms. The Balaban J connectivity index is 1.91. The fourth-order valence-corrected chi connectivity index (χ4v) is 2.50. The molecular formula is C16H15N3O2. The van der Waals surface area contributed by atoms with Gasteiger partial charge in [0.1, 0.15) is 11.6 Å². The molecule has 0 saturated carbocycles. The summed E-state index contributed by atoms with van der Waals surface area (Å²) in [6.07, 6.45) is 0. The van der Waals surface area contributed by atoms with Crippen molar-refractivity contribution in [2.24, 2.45) is 5.73 Å². The molecule has 0 aliphatic carbocycles. The number of carbonyl (C=O) groups excluding carboxylic acids is 2. The number of anilines is 1. The Bertz CT molecular complexity index is 672. The molecule has 1 aliphatic heterocycles. The van der Waals surface area contributed by atoms with Gasteiger partial charge in [-0.1, -0.05) is 48.5 Å². The number of carbonyl (C=O) groups is 2. The molecule has 21 heavy (non-hydrogen) atoms. The lowest BCUT2D eigenvalue weighted by Crippen LogP contribution is -2.36. The van der Waals surface area contributed by atoms with Gasteiger partial charge in [-0.05, 0) is 17.7 Å². The van der Waals surface area contributed by atoms with E-state index >= 15 is 0 Å². The second-order valence-electron chi connectivity index (χ2n) is 4.97. The third-order valence-electron chi connectivity index (χ3n) is 3.63. The lowest BCUT2D eigenvalue weighted by molar-refractivity contribution is -0.122. The molecule has 2 aromatic rings. The monoisotopic (exact) mass is 281 g/mol. The van der Waals surface area contributed by atoms with Gasteiger partial charge in [0.05, 0.1) is 0 Å². The van der Waals surface area contributed by atoms with E-state index < -0.39 is 17.5 Å². The first-order valence-electron chi connectivity index (χ1n) is 6.63. The van der Waals surface area contributed by atoms with E-state index in [1.165, 1.54) is 0 Å². The lowest BCUT2D eigenvalue weighted by atomic mass is 9.93. The van der Waals surface area contributed by atoms with E-state index in [0.29, 0.717) is 5.69 Å². The van der Waals surface area contributed by atoms with Crippen molar-refractivity contribution in [1.29, 1.82) is 0 Å². The third kappa shape index (κ3) is 2.28. The van der Waals surface area contributed by atoms with Gasteiger partial charge >= 0.3 is 0 Å². The summed E-state index contributed by atoms with van der Waals surface area (Å²) >= 11 is 0. The van der Waals surface area contributed by atoms with Crippen molar-refractivity contribution < 1.29 is 9.59 Å². The van der Waals surface area contributed by atoms with E-state index in [2.05, 4.69) is 10.6 Å². The average Bonchev–Trinajstić information content (AvgIpc) is 3.26. The van der Waals surface area contributed by atoms with E-state index in [1.54, 1.807) is 24.3 Å². The number of nitrogens with two attached hydrogens (primary N) is 1. The van der Waals surface area contributed by atoms with Crippen LogP contribution in [0.25, 0.3) is 0 Å². The van der Waals surface area contributed by atoms with Gasteiger partial charge in [-0.2, -0.15) is 0 Å². The van der Waals surface area contributed by atoms with Crippen molar-refractivity contribution in [2.75, 3.05) is 5.32 Å². The van der Waals surface area contributed by atoms with E-state index in [0.717, 1.165) is 5.56 Å². The molecule has 5 nitrogen and oxygen atoms in total. The first-order chi connectivity index (χ1) is 10.1. The summed E-state index contributed by atoms with van der Waals surface area (Å²) in [4.78, 5) is 24.1. The number of amides is 2. The van der Waals surface area contributed by atoms with Crippen LogP contribution in [0.1, 0.15) is 5.56 Å². The normalized spacial score (nSPS) is 23.3. The van der Waals surface area contributed by atoms with Crippen LogP contribution < -0.4 is 16.4 Å². The van der Waals surface area contributed by atoms with Crippen LogP contribution in [0, 0.1) is 0 Å². The number of para-hydroxylation sites is 1. The average molecular weight is 281 g/mol. The van der Waals surface area contributed by atoms with E-state index in [1.807, 2.05) is 36.4 Å². The second kappa shape index (κ2) is 5.03. The minimum absolute atomic E-state index is 0.288. The summed E-state index contributed by atoms with van der Waals surface area (Å²) in [5.41, 5.74) is 5.68. The zero-order valence-electron chi connectivity index (χ0n) is 11.2. The van der Waals surface area contributed by atoms with Gasteiger partial charge in [-0.15, -0.1) is 0 Å². The lowest BCUT2D eigenvalue weighted by Gasteiger charge is -2.15. The van der Waals surface area contributed by atoms with Crippen molar-refractivity contribution in [3.05, 3.63) is 66.2 Å². The number of benzene rings is 2. The van der Waals surface area contributed by atoms with Crippen molar-refractivity contribution in [1.82, 2.24) is 5.32 Å². The fourth-order valence-electron chi connectivity index (χ4n) is 2.50. The molecule has 0 aromatic heterocycles. The molecule has 106 valence electrons. The fraction of sp³-hybridized carbons (Fsp3) is 0.125. The van der Waals surface area contributed by atoms with Gasteiger partial charge < -0.3 is 11.1 Å². The summed E-state index contributed by atoms with van der Waals surface area (Å²) in [6, 6.07) is 17.5. The Morgan fingerprint density at radius 3 is 2.10 bits per heavy atom. The summed E-state index contributed by atoms with van der Waals surface area (Å²) in [5, 5.41) is 5.75. The first kappa shape index (κ1) is 13.3. The van der Waals surface area contributed by atoms with Gasteiger partial charge in [0, 0.05) is 5.69 Å². The molecule has 2 unspecified atom stereocenters. The zero-order valence-corrected chi connectivity index (χ0v) is 11.2. The standard InChI is InChI=1S/C16H15N3O2/c17-14(20)13-16(19-13,11-7-3-1-4-8-11)15(21)18-12-9-5-2-6-10-12/h1-10,13,19H,(H2,17,20)(H,18,21). The largest absolute Gasteiger partial charge is 0.368 e. The number of rotatable bonds is 4. The summed E-state index contributed by atoms with van der Waals surface area (Å²) < 4.78 is 0. The van der Waals surface area contributed by atoms with Crippen LogP contribution in [-0.2, 0) is 15.1 Å². The Kier molecular flexibility index (Phi) is 3.19. The highest BCUT2D eigenvalue weighted by molar-refractivity contribution is 6.07. The SMILES string of the molecule is NC(=O)C1NC1(C(=O)Nc1ccccc1)c1ccccc1. The van der Waals surface area contributed by atoms with Gasteiger partial charge in [-0.3, -0.25) is 14.9 Å². The molecule has 1 fully saturated rings. The summed E-state index contributed by atoms with van der Waals surface area (Å²) in [5.74, 6) is -0.828. The quantitative estimate of drug-likeness (QED) is 0.729.